The molecule has 1 aromatic heterocycles. The largest absolute Gasteiger partial charge is 0.324 e. The van der Waals surface area contributed by atoms with Crippen LogP contribution in [-0.4, -0.2) is 4.98 Å². The summed E-state index contributed by atoms with van der Waals surface area (Å²) >= 11 is 0. The fourth-order valence-electron chi connectivity index (χ4n) is 2.06. The second-order valence-corrected chi connectivity index (χ2v) is 4.47. The lowest BCUT2D eigenvalue weighted by Gasteiger charge is -2.14. The van der Waals surface area contributed by atoms with Crippen LogP contribution < -0.4 is 5.73 Å². The highest BCUT2D eigenvalue weighted by molar-refractivity contribution is 5.29. The molecular weight excluding hydrogens is 227 g/mol. The molecule has 0 radical (unpaired) electrons. The first kappa shape index (κ1) is 12.7. The molecule has 0 saturated carbocycles. The molecule has 1 atom stereocenters. The topological polar surface area (TPSA) is 38.9 Å². The van der Waals surface area contributed by atoms with Crippen LogP contribution in [0.4, 0.5) is 4.39 Å². The number of aryl methyl sites for hydroxylation is 2. The molecule has 0 fully saturated rings. The van der Waals surface area contributed by atoms with Gasteiger partial charge in [0.15, 0.2) is 0 Å². The van der Waals surface area contributed by atoms with E-state index in [9.17, 15) is 4.39 Å². The van der Waals surface area contributed by atoms with Gasteiger partial charge in [-0.2, -0.15) is 0 Å². The Morgan fingerprint density at radius 1 is 1.28 bits per heavy atom. The van der Waals surface area contributed by atoms with E-state index in [0.717, 1.165) is 29.7 Å². The standard InChI is InChI=1S/C15H17FN2/c1-11-10-12(16)5-7-14(11)15(17)8-6-13-4-2-3-9-18-13/h2-5,7,9-10,15H,6,8,17H2,1H3. The maximum absolute atomic E-state index is 13.0. The Hall–Kier alpha value is -1.74. The van der Waals surface area contributed by atoms with E-state index in [1.54, 1.807) is 12.3 Å². The summed E-state index contributed by atoms with van der Waals surface area (Å²) in [7, 11) is 0. The zero-order chi connectivity index (χ0) is 13.0. The van der Waals surface area contributed by atoms with Gasteiger partial charge in [0.05, 0.1) is 0 Å². The summed E-state index contributed by atoms with van der Waals surface area (Å²) in [5.41, 5.74) is 9.09. The molecule has 0 aliphatic carbocycles. The lowest BCUT2D eigenvalue weighted by molar-refractivity contribution is 0.614. The third-order valence-electron chi connectivity index (χ3n) is 3.07. The molecule has 0 bridgehead atoms. The number of halogens is 1. The van der Waals surface area contributed by atoms with Gasteiger partial charge in [0, 0.05) is 17.9 Å². The molecule has 94 valence electrons. The van der Waals surface area contributed by atoms with Crippen LogP contribution in [0.1, 0.15) is 29.3 Å². The average Bonchev–Trinajstić information content (AvgIpc) is 2.37. The van der Waals surface area contributed by atoms with Crippen molar-refractivity contribution in [3.63, 3.8) is 0 Å². The van der Waals surface area contributed by atoms with Gasteiger partial charge in [0.2, 0.25) is 0 Å². The van der Waals surface area contributed by atoms with E-state index >= 15 is 0 Å². The lowest BCUT2D eigenvalue weighted by Crippen LogP contribution is -2.13. The fraction of sp³-hybridized carbons (Fsp3) is 0.267. The van der Waals surface area contributed by atoms with Gasteiger partial charge < -0.3 is 5.73 Å². The SMILES string of the molecule is Cc1cc(F)ccc1C(N)CCc1ccccn1. The van der Waals surface area contributed by atoms with Gasteiger partial charge in [-0.3, -0.25) is 4.98 Å². The highest BCUT2D eigenvalue weighted by Gasteiger charge is 2.10. The minimum Gasteiger partial charge on any atom is -0.324 e. The van der Waals surface area contributed by atoms with Gasteiger partial charge in [0.25, 0.3) is 0 Å². The van der Waals surface area contributed by atoms with Crippen molar-refractivity contribution in [3.8, 4) is 0 Å². The summed E-state index contributed by atoms with van der Waals surface area (Å²) in [6, 6.07) is 10.5. The smallest absolute Gasteiger partial charge is 0.123 e. The number of hydrogen-bond acceptors (Lipinski definition) is 2. The molecule has 1 unspecified atom stereocenters. The molecule has 0 amide bonds. The summed E-state index contributed by atoms with van der Waals surface area (Å²) in [5.74, 6) is -0.215. The van der Waals surface area contributed by atoms with Crippen molar-refractivity contribution >= 4 is 0 Å². The van der Waals surface area contributed by atoms with Crippen molar-refractivity contribution in [3.05, 3.63) is 65.2 Å². The molecule has 2 nitrogen and oxygen atoms in total. The monoisotopic (exact) mass is 244 g/mol. The third kappa shape index (κ3) is 3.14. The number of rotatable bonds is 4. The van der Waals surface area contributed by atoms with Crippen LogP contribution in [0.15, 0.2) is 42.6 Å². The van der Waals surface area contributed by atoms with Crippen LogP contribution in [0.25, 0.3) is 0 Å². The number of aromatic nitrogens is 1. The zero-order valence-corrected chi connectivity index (χ0v) is 10.4. The van der Waals surface area contributed by atoms with E-state index in [2.05, 4.69) is 4.98 Å². The Labute approximate surface area is 107 Å². The van der Waals surface area contributed by atoms with E-state index in [4.69, 9.17) is 5.73 Å². The zero-order valence-electron chi connectivity index (χ0n) is 10.4. The van der Waals surface area contributed by atoms with E-state index < -0.39 is 0 Å². The van der Waals surface area contributed by atoms with E-state index in [1.807, 2.05) is 25.1 Å². The normalized spacial score (nSPS) is 12.4. The molecule has 3 heteroatoms. The predicted molar refractivity (Wildman–Crippen MR) is 70.6 cm³/mol. The summed E-state index contributed by atoms with van der Waals surface area (Å²) in [6.45, 7) is 1.89. The first-order valence-corrected chi connectivity index (χ1v) is 6.08. The number of nitrogens with zero attached hydrogens (tertiary/aromatic N) is 1. The Balaban J connectivity index is 2.01. The first-order valence-electron chi connectivity index (χ1n) is 6.08. The van der Waals surface area contributed by atoms with Gasteiger partial charge >= 0.3 is 0 Å². The molecule has 0 saturated heterocycles. The molecule has 2 rings (SSSR count). The van der Waals surface area contributed by atoms with E-state index in [-0.39, 0.29) is 11.9 Å². The van der Waals surface area contributed by atoms with Crippen molar-refractivity contribution in [2.24, 2.45) is 5.73 Å². The fourth-order valence-corrected chi connectivity index (χ4v) is 2.06. The molecule has 1 aromatic carbocycles. The van der Waals surface area contributed by atoms with Gasteiger partial charge in [-0.15, -0.1) is 0 Å². The van der Waals surface area contributed by atoms with Crippen LogP contribution >= 0.6 is 0 Å². The summed E-state index contributed by atoms with van der Waals surface area (Å²) in [5, 5.41) is 0. The number of pyridine rings is 1. The van der Waals surface area contributed by atoms with Gasteiger partial charge in [-0.25, -0.2) is 4.39 Å². The molecular formula is C15H17FN2. The molecule has 0 spiro atoms. The Kier molecular flexibility index (Phi) is 4.05. The van der Waals surface area contributed by atoms with Crippen LogP contribution in [0, 0.1) is 12.7 Å². The lowest BCUT2D eigenvalue weighted by atomic mass is 9.97. The van der Waals surface area contributed by atoms with Crippen LogP contribution in [0.2, 0.25) is 0 Å². The van der Waals surface area contributed by atoms with Crippen LogP contribution in [0.5, 0.6) is 0 Å². The molecule has 0 aliphatic heterocycles. The molecule has 1 heterocycles. The van der Waals surface area contributed by atoms with Crippen molar-refractivity contribution in [2.75, 3.05) is 0 Å². The Morgan fingerprint density at radius 3 is 2.78 bits per heavy atom. The van der Waals surface area contributed by atoms with E-state index in [1.165, 1.54) is 12.1 Å². The quantitative estimate of drug-likeness (QED) is 0.897. The van der Waals surface area contributed by atoms with Crippen molar-refractivity contribution in [1.29, 1.82) is 0 Å². The second-order valence-electron chi connectivity index (χ2n) is 4.47. The maximum atomic E-state index is 13.0. The minimum atomic E-state index is -0.215. The second kappa shape index (κ2) is 5.74. The molecule has 2 aromatic rings. The molecule has 2 N–H and O–H groups in total. The maximum Gasteiger partial charge on any atom is 0.123 e. The Morgan fingerprint density at radius 2 is 2.11 bits per heavy atom. The number of hydrogen-bond donors (Lipinski definition) is 1. The summed E-state index contributed by atoms with van der Waals surface area (Å²) in [6.07, 6.45) is 3.42. The van der Waals surface area contributed by atoms with E-state index in [0.29, 0.717) is 0 Å². The molecule has 0 aliphatic rings. The Bertz CT molecular complexity index is 511. The van der Waals surface area contributed by atoms with Gasteiger partial charge in [-0.1, -0.05) is 12.1 Å². The summed E-state index contributed by atoms with van der Waals surface area (Å²) in [4.78, 5) is 4.27. The van der Waals surface area contributed by atoms with Gasteiger partial charge in [-0.05, 0) is 55.2 Å². The minimum absolute atomic E-state index is 0.0763. The molecule has 18 heavy (non-hydrogen) atoms. The average molecular weight is 244 g/mol. The predicted octanol–water partition coefficient (Wildman–Crippen LogP) is 3.16. The number of nitrogens with two attached hydrogens (primary N) is 1. The highest BCUT2D eigenvalue weighted by atomic mass is 19.1. The van der Waals surface area contributed by atoms with Crippen molar-refractivity contribution in [1.82, 2.24) is 4.98 Å². The third-order valence-corrected chi connectivity index (χ3v) is 3.07. The van der Waals surface area contributed by atoms with Crippen LogP contribution in [-0.2, 0) is 6.42 Å². The highest BCUT2D eigenvalue weighted by Crippen LogP contribution is 2.20. The first-order chi connectivity index (χ1) is 8.66. The van der Waals surface area contributed by atoms with Gasteiger partial charge in [0.1, 0.15) is 5.82 Å². The van der Waals surface area contributed by atoms with Crippen LogP contribution in [0.3, 0.4) is 0 Å². The van der Waals surface area contributed by atoms with Crippen molar-refractivity contribution in [2.45, 2.75) is 25.8 Å². The van der Waals surface area contributed by atoms with Crippen molar-refractivity contribution < 1.29 is 4.39 Å². The number of benzene rings is 1. The summed E-state index contributed by atoms with van der Waals surface area (Å²) < 4.78 is 13.0.